The van der Waals surface area contributed by atoms with Crippen molar-refractivity contribution in [2.45, 2.75) is 6.10 Å². The van der Waals surface area contributed by atoms with Gasteiger partial charge in [-0.05, 0) is 29.8 Å². The van der Waals surface area contributed by atoms with E-state index < -0.39 is 6.10 Å². The van der Waals surface area contributed by atoms with Crippen LogP contribution in [-0.2, 0) is 0 Å². The van der Waals surface area contributed by atoms with Crippen molar-refractivity contribution < 1.29 is 14.9 Å². The lowest BCUT2D eigenvalue weighted by Gasteiger charge is -2.09. The lowest BCUT2D eigenvalue weighted by Crippen LogP contribution is -2.02. The molecule has 2 N–H and O–H groups in total. The van der Waals surface area contributed by atoms with Gasteiger partial charge in [0.2, 0.25) is 0 Å². The SMILES string of the molecule is COc1cccc(C(O)CN=Cc2cc(Cl)cc(Cl)c2O)c1. The molecule has 22 heavy (non-hydrogen) atoms. The van der Waals surface area contributed by atoms with E-state index in [9.17, 15) is 10.2 Å². The number of aliphatic imine (C=N–C) groups is 1. The molecule has 116 valence electrons. The average Bonchev–Trinajstić information content (AvgIpc) is 2.51. The van der Waals surface area contributed by atoms with Gasteiger partial charge in [-0.25, -0.2) is 0 Å². The molecule has 1 atom stereocenters. The Bertz CT molecular complexity index is 689. The molecule has 2 aromatic rings. The number of methoxy groups -OCH3 is 1. The number of ether oxygens (including phenoxy) is 1. The highest BCUT2D eigenvalue weighted by Gasteiger charge is 2.09. The van der Waals surface area contributed by atoms with Crippen LogP contribution < -0.4 is 4.74 Å². The summed E-state index contributed by atoms with van der Waals surface area (Å²) in [6.07, 6.45) is 0.652. The van der Waals surface area contributed by atoms with Gasteiger partial charge in [0.25, 0.3) is 0 Å². The Hall–Kier alpha value is -1.75. The second-order valence-electron chi connectivity index (χ2n) is 4.61. The third kappa shape index (κ3) is 4.13. The van der Waals surface area contributed by atoms with Crippen molar-refractivity contribution in [2.75, 3.05) is 13.7 Å². The molecule has 0 aliphatic heterocycles. The molecule has 0 fully saturated rings. The van der Waals surface area contributed by atoms with Crippen molar-refractivity contribution >= 4 is 29.4 Å². The Balaban J connectivity index is 2.09. The standard InChI is InChI=1S/C16H15Cl2NO3/c1-22-13-4-2-3-10(6-13)15(20)9-19-8-11-5-12(17)7-14(18)16(11)21/h2-8,15,20-21H,9H2,1H3. The van der Waals surface area contributed by atoms with E-state index in [0.29, 0.717) is 21.9 Å². The molecule has 0 saturated heterocycles. The van der Waals surface area contributed by atoms with Crippen LogP contribution in [0.4, 0.5) is 0 Å². The summed E-state index contributed by atoms with van der Waals surface area (Å²) in [7, 11) is 1.56. The van der Waals surface area contributed by atoms with Gasteiger partial charge in [-0.1, -0.05) is 35.3 Å². The first-order valence-corrected chi connectivity index (χ1v) is 7.26. The highest BCUT2D eigenvalue weighted by Crippen LogP contribution is 2.30. The van der Waals surface area contributed by atoms with E-state index in [0.717, 1.165) is 0 Å². The number of halogens is 2. The summed E-state index contributed by atoms with van der Waals surface area (Å²) in [4.78, 5) is 4.12. The number of hydrogen-bond donors (Lipinski definition) is 2. The van der Waals surface area contributed by atoms with E-state index in [-0.39, 0.29) is 17.3 Å². The van der Waals surface area contributed by atoms with Crippen LogP contribution in [0.15, 0.2) is 41.4 Å². The molecule has 0 bridgehead atoms. The zero-order valence-corrected chi connectivity index (χ0v) is 13.3. The maximum absolute atomic E-state index is 10.1. The zero-order valence-electron chi connectivity index (χ0n) is 11.8. The first kappa shape index (κ1) is 16.6. The minimum absolute atomic E-state index is 0.0920. The molecule has 2 rings (SSSR count). The van der Waals surface area contributed by atoms with Crippen LogP contribution in [-0.4, -0.2) is 30.1 Å². The molecule has 0 aliphatic carbocycles. The Morgan fingerprint density at radius 3 is 2.77 bits per heavy atom. The number of aromatic hydroxyl groups is 1. The molecule has 0 spiro atoms. The van der Waals surface area contributed by atoms with Gasteiger partial charge in [0.1, 0.15) is 11.5 Å². The molecule has 6 heteroatoms. The summed E-state index contributed by atoms with van der Waals surface area (Å²) >= 11 is 11.7. The monoisotopic (exact) mass is 339 g/mol. The smallest absolute Gasteiger partial charge is 0.143 e. The van der Waals surface area contributed by atoms with Crippen molar-refractivity contribution in [2.24, 2.45) is 4.99 Å². The number of hydrogen-bond acceptors (Lipinski definition) is 4. The van der Waals surface area contributed by atoms with Crippen LogP contribution in [0.3, 0.4) is 0 Å². The predicted octanol–water partition coefficient (Wildman–Crippen LogP) is 3.86. The topological polar surface area (TPSA) is 62.0 Å². The lowest BCUT2D eigenvalue weighted by atomic mass is 10.1. The molecular formula is C16H15Cl2NO3. The summed E-state index contributed by atoms with van der Waals surface area (Å²) in [5.74, 6) is 0.575. The van der Waals surface area contributed by atoms with Crippen molar-refractivity contribution in [1.82, 2.24) is 0 Å². The van der Waals surface area contributed by atoms with Gasteiger partial charge >= 0.3 is 0 Å². The fourth-order valence-electron chi connectivity index (χ4n) is 1.89. The Morgan fingerprint density at radius 1 is 1.27 bits per heavy atom. The van der Waals surface area contributed by atoms with Gasteiger partial charge in [-0.2, -0.15) is 0 Å². The van der Waals surface area contributed by atoms with E-state index in [1.165, 1.54) is 12.3 Å². The van der Waals surface area contributed by atoms with E-state index >= 15 is 0 Å². The first-order valence-electron chi connectivity index (χ1n) is 6.51. The number of aliphatic hydroxyl groups is 1. The normalized spacial score (nSPS) is 12.5. The highest BCUT2D eigenvalue weighted by atomic mass is 35.5. The van der Waals surface area contributed by atoms with E-state index in [1.54, 1.807) is 37.4 Å². The second-order valence-corrected chi connectivity index (χ2v) is 5.46. The van der Waals surface area contributed by atoms with Crippen LogP contribution in [0.2, 0.25) is 10.0 Å². The molecule has 0 radical (unpaired) electrons. The van der Waals surface area contributed by atoms with Crippen molar-refractivity contribution in [3.63, 3.8) is 0 Å². The van der Waals surface area contributed by atoms with Crippen LogP contribution in [0.1, 0.15) is 17.2 Å². The fourth-order valence-corrected chi connectivity index (χ4v) is 2.40. The largest absolute Gasteiger partial charge is 0.506 e. The molecule has 0 aliphatic rings. The van der Waals surface area contributed by atoms with Crippen molar-refractivity contribution in [3.8, 4) is 11.5 Å². The van der Waals surface area contributed by atoms with Gasteiger partial charge < -0.3 is 14.9 Å². The molecule has 1 unspecified atom stereocenters. The van der Waals surface area contributed by atoms with Crippen LogP contribution in [0, 0.1) is 0 Å². The number of phenols is 1. The average molecular weight is 340 g/mol. The van der Waals surface area contributed by atoms with Gasteiger partial charge in [0.05, 0.1) is 24.8 Å². The number of nitrogens with zero attached hydrogens (tertiary/aromatic N) is 1. The number of aliphatic hydroxyl groups excluding tert-OH is 1. The summed E-state index contributed by atoms with van der Waals surface area (Å²) in [6, 6.07) is 10.1. The maximum Gasteiger partial charge on any atom is 0.143 e. The summed E-state index contributed by atoms with van der Waals surface area (Å²) < 4.78 is 5.11. The lowest BCUT2D eigenvalue weighted by molar-refractivity contribution is 0.187. The minimum Gasteiger partial charge on any atom is -0.506 e. The molecule has 0 amide bonds. The Labute approximate surface area is 138 Å². The second kappa shape index (κ2) is 7.49. The quantitative estimate of drug-likeness (QED) is 0.813. The van der Waals surface area contributed by atoms with Crippen molar-refractivity contribution in [3.05, 3.63) is 57.6 Å². The summed E-state index contributed by atoms with van der Waals surface area (Å²) in [5, 5.41) is 20.5. The van der Waals surface area contributed by atoms with Gasteiger partial charge in [0, 0.05) is 16.8 Å². The Morgan fingerprint density at radius 2 is 2.05 bits per heavy atom. The third-order valence-corrected chi connectivity index (χ3v) is 3.55. The zero-order chi connectivity index (χ0) is 16.1. The Kier molecular flexibility index (Phi) is 5.66. The fraction of sp³-hybridized carbons (Fsp3) is 0.188. The van der Waals surface area contributed by atoms with Gasteiger partial charge in [0.15, 0.2) is 0 Å². The van der Waals surface area contributed by atoms with Gasteiger partial charge in [-0.15, -0.1) is 0 Å². The third-order valence-electron chi connectivity index (χ3n) is 3.04. The molecule has 4 nitrogen and oxygen atoms in total. The molecule has 0 aromatic heterocycles. The molecular weight excluding hydrogens is 325 g/mol. The van der Waals surface area contributed by atoms with Crippen LogP contribution in [0.25, 0.3) is 0 Å². The number of phenolic OH excluding ortho intramolecular Hbond substituents is 1. The van der Waals surface area contributed by atoms with Crippen molar-refractivity contribution in [1.29, 1.82) is 0 Å². The maximum atomic E-state index is 10.1. The molecule has 0 saturated carbocycles. The summed E-state index contributed by atoms with van der Waals surface area (Å²) in [5.41, 5.74) is 1.10. The highest BCUT2D eigenvalue weighted by molar-refractivity contribution is 6.36. The van der Waals surface area contributed by atoms with E-state index in [2.05, 4.69) is 4.99 Å². The predicted molar refractivity (Wildman–Crippen MR) is 88.5 cm³/mol. The van der Waals surface area contributed by atoms with E-state index in [1.807, 2.05) is 0 Å². The van der Waals surface area contributed by atoms with Crippen LogP contribution in [0.5, 0.6) is 11.5 Å². The minimum atomic E-state index is -0.775. The summed E-state index contributed by atoms with van der Waals surface area (Å²) in [6.45, 7) is 0.136. The van der Waals surface area contributed by atoms with Gasteiger partial charge in [-0.3, -0.25) is 4.99 Å². The van der Waals surface area contributed by atoms with E-state index in [4.69, 9.17) is 27.9 Å². The van der Waals surface area contributed by atoms with Crippen LogP contribution >= 0.6 is 23.2 Å². The number of benzene rings is 2. The first-order chi connectivity index (χ1) is 10.5. The number of rotatable bonds is 5. The molecule has 2 aromatic carbocycles. The molecule has 0 heterocycles.